The van der Waals surface area contributed by atoms with Crippen LogP contribution in [0, 0.1) is 11.7 Å². The molecule has 0 radical (unpaired) electrons. The molecule has 2 amide bonds. The number of nitrogens with one attached hydrogen (secondary N) is 1. The van der Waals surface area contributed by atoms with Crippen LogP contribution in [-0.2, 0) is 4.79 Å². The molecule has 0 unspecified atom stereocenters. The fraction of sp³-hybridized carbons (Fsp3) is 0.450. The van der Waals surface area contributed by atoms with Gasteiger partial charge in [-0.3, -0.25) is 14.2 Å². The van der Waals surface area contributed by atoms with E-state index in [-0.39, 0.29) is 23.5 Å². The molecule has 3 rings (SSSR count). The first-order chi connectivity index (χ1) is 13.4. The number of hydrogen-bond acceptors (Lipinski definition) is 4. The first-order valence-corrected chi connectivity index (χ1v) is 10.6. The molecule has 0 saturated carbocycles. The third kappa shape index (κ3) is 4.22. The summed E-state index contributed by atoms with van der Waals surface area (Å²) in [5.74, 6) is -0.807. The zero-order valence-corrected chi connectivity index (χ0v) is 17.1. The SMILES string of the molecule is CSc1ncc(C(=O)N[C@H](C(=O)N2CCCC2)C(C)C)n1-c1ccc(F)cc1. The molecule has 1 fully saturated rings. The molecule has 0 bridgehead atoms. The van der Waals surface area contributed by atoms with Crippen LogP contribution in [0.2, 0.25) is 0 Å². The Hall–Kier alpha value is -2.35. The van der Waals surface area contributed by atoms with Gasteiger partial charge in [0.05, 0.1) is 6.20 Å². The molecule has 2 heterocycles. The van der Waals surface area contributed by atoms with Gasteiger partial charge in [-0.05, 0) is 49.3 Å². The van der Waals surface area contributed by atoms with E-state index in [4.69, 9.17) is 0 Å². The molecule has 0 aliphatic carbocycles. The molecule has 1 aromatic heterocycles. The summed E-state index contributed by atoms with van der Waals surface area (Å²) >= 11 is 1.39. The van der Waals surface area contributed by atoms with Crippen LogP contribution in [0.15, 0.2) is 35.6 Å². The number of rotatable bonds is 6. The monoisotopic (exact) mass is 404 g/mol. The summed E-state index contributed by atoms with van der Waals surface area (Å²) in [5.41, 5.74) is 0.955. The minimum atomic E-state index is -0.597. The summed E-state index contributed by atoms with van der Waals surface area (Å²) < 4.78 is 15.0. The first-order valence-electron chi connectivity index (χ1n) is 9.39. The number of likely N-dealkylation sites (tertiary alicyclic amines) is 1. The van der Waals surface area contributed by atoms with Crippen LogP contribution in [-0.4, -0.2) is 51.7 Å². The van der Waals surface area contributed by atoms with E-state index in [0.29, 0.717) is 16.5 Å². The number of nitrogens with zero attached hydrogens (tertiary/aromatic N) is 3. The molecule has 2 aromatic rings. The highest BCUT2D eigenvalue weighted by Crippen LogP contribution is 2.22. The Kier molecular flexibility index (Phi) is 6.39. The third-order valence-electron chi connectivity index (χ3n) is 4.87. The van der Waals surface area contributed by atoms with Crippen molar-refractivity contribution in [3.8, 4) is 5.69 Å². The summed E-state index contributed by atoms with van der Waals surface area (Å²) in [6, 6.07) is 5.29. The van der Waals surface area contributed by atoms with Crippen LogP contribution in [0.3, 0.4) is 0 Å². The normalized spacial score (nSPS) is 15.1. The Balaban J connectivity index is 1.88. The number of benzene rings is 1. The summed E-state index contributed by atoms with van der Waals surface area (Å²) in [6.45, 7) is 5.32. The molecule has 8 heteroatoms. The minimum Gasteiger partial charge on any atom is -0.341 e. The second-order valence-corrected chi connectivity index (χ2v) is 7.94. The molecule has 1 aromatic carbocycles. The lowest BCUT2D eigenvalue weighted by molar-refractivity contribution is -0.133. The predicted molar refractivity (Wildman–Crippen MR) is 107 cm³/mol. The Bertz CT molecular complexity index is 844. The van der Waals surface area contributed by atoms with Gasteiger partial charge in [-0.1, -0.05) is 25.6 Å². The van der Waals surface area contributed by atoms with E-state index in [1.807, 2.05) is 25.0 Å². The van der Waals surface area contributed by atoms with Crippen LogP contribution in [0.25, 0.3) is 5.69 Å². The maximum absolute atomic E-state index is 13.3. The van der Waals surface area contributed by atoms with E-state index in [1.165, 1.54) is 30.1 Å². The summed E-state index contributed by atoms with van der Waals surface area (Å²) in [5, 5.41) is 3.51. The molecule has 0 spiro atoms. The van der Waals surface area contributed by atoms with Crippen LogP contribution in [0.5, 0.6) is 0 Å². The molecule has 28 heavy (non-hydrogen) atoms. The number of carbonyl (C=O) groups excluding carboxylic acids is 2. The summed E-state index contributed by atoms with van der Waals surface area (Å²) in [7, 11) is 0. The van der Waals surface area contributed by atoms with Crippen molar-refractivity contribution in [3.63, 3.8) is 0 Å². The van der Waals surface area contributed by atoms with E-state index < -0.39 is 6.04 Å². The van der Waals surface area contributed by atoms with Gasteiger partial charge in [-0.25, -0.2) is 9.37 Å². The molecule has 1 atom stereocenters. The van der Waals surface area contributed by atoms with Crippen molar-refractivity contribution in [2.24, 2.45) is 5.92 Å². The van der Waals surface area contributed by atoms with E-state index in [2.05, 4.69) is 10.3 Å². The molecule has 1 aliphatic rings. The van der Waals surface area contributed by atoms with Gasteiger partial charge >= 0.3 is 0 Å². The van der Waals surface area contributed by atoms with Crippen molar-refractivity contribution in [1.82, 2.24) is 19.8 Å². The molecule has 150 valence electrons. The van der Waals surface area contributed by atoms with E-state index in [1.54, 1.807) is 16.7 Å². The van der Waals surface area contributed by atoms with E-state index in [9.17, 15) is 14.0 Å². The number of hydrogen-bond donors (Lipinski definition) is 1. The van der Waals surface area contributed by atoms with Crippen molar-refractivity contribution < 1.29 is 14.0 Å². The molecular formula is C20H25FN4O2S. The fourth-order valence-corrected chi connectivity index (χ4v) is 3.89. The van der Waals surface area contributed by atoms with Crippen LogP contribution < -0.4 is 5.32 Å². The van der Waals surface area contributed by atoms with Gasteiger partial charge in [0.25, 0.3) is 5.91 Å². The van der Waals surface area contributed by atoms with Gasteiger partial charge in [-0.2, -0.15) is 0 Å². The Morgan fingerprint density at radius 3 is 2.39 bits per heavy atom. The van der Waals surface area contributed by atoms with Crippen LogP contribution in [0.4, 0.5) is 4.39 Å². The van der Waals surface area contributed by atoms with Gasteiger partial charge in [-0.15, -0.1) is 0 Å². The van der Waals surface area contributed by atoms with Crippen molar-refractivity contribution in [1.29, 1.82) is 0 Å². The fourth-order valence-electron chi connectivity index (χ4n) is 3.34. The van der Waals surface area contributed by atoms with E-state index in [0.717, 1.165) is 25.9 Å². The number of thioether (sulfide) groups is 1. The van der Waals surface area contributed by atoms with Crippen molar-refractivity contribution in [3.05, 3.63) is 42.0 Å². The van der Waals surface area contributed by atoms with Crippen molar-refractivity contribution in [2.75, 3.05) is 19.3 Å². The lowest BCUT2D eigenvalue weighted by Crippen LogP contribution is -2.50. The van der Waals surface area contributed by atoms with E-state index >= 15 is 0 Å². The molecule has 1 aliphatic heterocycles. The van der Waals surface area contributed by atoms with Gasteiger partial charge in [0.2, 0.25) is 5.91 Å². The summed E-state index contributed by atoms with van der Waals surface area (Å²) in [4.78, 5) is 32.0. The first kappa shape index (κ1) is 20.4. The maximum Gasteiger partial charge on any atom is 0.270 e. The number of amides is 2. The standard InChI is InChI=1S/C20H25FN4O2S/c1-13(2)17(19(27)24-10-4-5-11-24)23-18(26)16-12-22-20(28-3)25(16)15-8-6-14(21)7-9-15/h6-9,12-13,17H,4-5,10-11H2,1-3H3,(H,23,26)/t17-/m0/s1. The zero-order valence-electron chi connectivity index (χ0n) is 16.3. The quantitative estimate of drug-likeness (QED) is 0.752. The largest absolute Gasteiger partial charge is 0.341 e. The number of carbonyl (C=O) groups is 2. The maximum atomic E-state index is 13.3. The molecule has 1 saturated heterocycles. The lowest BCUT2D eigenvalue weighted by atomic mass is 10.0. The molecule has 1 N–H and O–H groups in total. The average molecular weight is 405 g/mol. The Labute approximate surface area is 168 Å². The average Bonchev–Trinajstić information content (AvgIpc) is 3.35. The van der Waals surface area contributed by atoms with Gasteiger partial charge in [0, 0.05) is 18.8 Å². The van der Waals surface area contributed by atoms with Gasteiger partial charge in [0.1, 0.15) is 17.6 Å². The minimum absolute atomic E-state index is 0.0423. The van der Waals surface area contributed by atoms with Gasteiger partial charge in [0.15, 0.2) is 5.16 Å². The zero-order chi connectivity index (χ0) is 20.3. The number of imidazole rings is 1. The Morgan fingerprint density at radius 1 is 1.18 bits per heavy atom. The predicted octanol–water partition coefficient (Wildman–Crippen LogP) is 3.11. The molecular weight excluding hydrogens is 379 g/mol. The highest BCUT2D eigenvalue weighted by molar-refractivity contribution is 7.98. The van der Waals surface area contributed by atoms with Gasteiger partial charge < -0.3 is 10.2 Å². The van der Waals surface area contributed by atoms with Crippen LogP contribution >= 0.6 is 11.8 Å². The number of halogens is 1. The van der Waals surface area contributed by atoms with Crippen molar-refractivity contribution >= 4 is 23.6 Å². The lowest BCUT2D eigenvalue weighted by Gasteiger charge is -2.26. The summed E-state index contributed by atoms with van der Waals surface area (Å²) in [6.07, 6.45) is 5.35. The highest BCUT2D eigenvalue weighted by atomic mass is 32.2. The van der Waals surface area contributed by atoms with Crippen LogP contribution in [0.1, 0.15) is 37.2 Å². The highest BCUT2D eigenvalue weighted by Gasteiger charge is 2.31. The number of aromatic nitrogens is 2. The topological polar surface area (TPSA) is 67.2 Å². The second kappa shape index (κ2) is 8.77. The Morgan fingerprint density at radius 2 is 1.82 bits per heavy atom. The second-order valence-electron chi connectivity index (χ2n) is 7.17. The third-order valence-corrected chi connectivity index (χ3v) is 5.52. The van der Waals surface area contributed by atoms with Crippen molar-refractivity contribution in [2.45, 2.75) is 37.9 Å². The smallest absolute Gasteiger partial charge is 0.270 e. The molecule has 6 nitrogen and oxygen atoms in total.